The Hall–Kier alpha value is -3.48. The van der Waals surface area contributed by atoms with Crippen molar-refractivity contribution in [1.82, 2.24) is 15.0 Å². The molecule has 1 saturated heterocycles. The maximum atomic E-state index is 12.6. The molecule has 1 fully saturated rings. The molecule has 1 N–H and O–H groups in total. The number of aromatic nitrogens is 3. The second kappa shape index (κ2) is 8.04. The average Bonchev–Trinajstić information content (AvgIpc) is 2.76. The lowest BCUT2D eigenvalue weighted by Gasteiger charge is -2.35. The quantitative estimate of drug-likeness (QED) is 0.757. The highest BCUT2D eigenvalue weighted by molar-refractivity contribution is 6.03. The minimum atomic E-state index is -0.231. The van der Waals surface area contributed by atoms with E-state index in [9.17, 15) is 4.79 Å². The van der Waals surface area contributed by atoms with E-state index in [1.54, 1.807) is 18.5 Å². The molecule has 2 aromatic heterocycles. The first-order valence-electron chi connectivity index (χ1n) is 9.32. The number of anilines is 3. The van der Waals surface area contributed by atoms with Crippen LogP contribution in [0.25, 0.3) is 0 Å². The first-order chi connectivity index (χ1) is 13.7. The fourth-order valence-electron chi connectivity index (χ4n) is 3.20. The summed E-state index contributed by atoms with van der Waals surface area (Å²) in [7, 11) is 0. The van der Waals surface area contributed by atoms with Gasteiger partial charge in [-0.05, 0) is 36.8 Å². The molecule has 0 atom stereocenters. The van der Waals surface area contributed by atoms with Crippen molar-refractivity contribution in [1.29, 1.82) is 0 Å². The number of benzene rings is 1. The number of piperazine rings is 1. The Bertz CT molecular complexity index is 954. The molecule has 0 radical (unpaired) electrons. The molecule has 0 unspecified atom stereocenters. The number of aryl methyl sites for hydroxylation is 1. The molecule has 7 heteroatoms. The number of hydrogen-bond acceptors (Lipinski definition) is 6. The summed E-state index contributed by atoms with van der Waals surface area (Å²) in [6.07, 6.45) is 3.45. The van der Waals surface area contributed by atoms with Crippen LogP contribution in [0.3, 0.4) is 0 Å². The average molecular weight is 374 g/mol. The van der Waals surface area contributed by atoms with Gasteiger partial charge in [-0.3, -0.25) is 4.79 Å². The predicted octanol–water partition coefficient (Wildman–Crippen LogP) is 2.76. The van der Waals surface area contributed by atoms with Crippen LogP contribution in [-0.2, 0) is 0 Å². The third-order valence-corrected chi connectivity index (χ3v) is 4.80. The first-order valence-corrected chi connectivity index (χ1v) is 9.32. The van der Waals surface area contributed by atoms with E-state index < -0.39 is 0 Å². The van der Waals surface area contributed by atoms with Crippen LogP contribution in [-0.4, -0.2) is 47.0 Å². The maximum absolute atomic E-state index is 12.6. The molecule has 1 aromatic carbocycles. The summed E-state index contributed by atoms with van der Waals surface area (Å²) in [5, 5.41) is 2.92. The number of rotatable bonds is 4. The second-order valence-corrected chi connectivity index (χ2v) is 6.67. The number of hydrogen-bond donors (Lipinski definition) is 1. The zero-order valence-electron chi connectivity index (χ0n) is 15.7. The molecule has 0 spiro atoms. The lowest BCUT2D eigenvalue weighted by atomic mass is 10.2. The zero-order valence-corrected chi connectivity index (χ0v) is 15.7. The van der Waals surface area contributed by atoms with Crippen molar-refractivity contribution in [2.75, 3.05) is 41.3 Å². The van der Waals surface area contributed by atoms with Crippen molar-refractivity contribution >= 4 is 23.4 Å². The van der Waals surface area contributed by atoms with E-state index in [4.69, 9.17) is 0 Å². The third kappa shape index (κ3) is 3.93. The van der Waals surface area contributed by atoms with Gasteiger partial charge in [-0.1, -0.05) is 24.3 Å². The maximum Gasteiger partial charge on any atom is 0.274 e. The third-order valence-electron chi connectivity index (χ3n) is 4.80. The van der Waals surface area contributed by atoms with Gasteiger partial charge < -0.3 is 15.1 Å². The molecule has 28 heavy (non-hydrogen) atoms. The van der Waals surface area contributed by atoms with Gasteiger partial charge in [-0.25, -0.2) is 15.0 Å². The minimum Gasteiger partial charge on any atom is -0.353 e. The van der Waals surface area contributed by atoms with Crippen LogP contribution >= 0.6 is 0 Å². The van der Waals surface area contributed by atoms with E-state index in [0.717, 1.165) is 43.2 Å². The molecule has 3 aromatic rings. The van der Waals surface area contributed by atoms with Gasteiger partial charge >= 0.3 is 0 Å². The molecule has 4 rings (SSSR count). The fourth-order valence-corrected chi connectivity index (χ4v) is 3.20. The molecule has 142 valence electrons. The van der Waals surface area contributed by atoms with Crippen LogP contribution in [0, 0.1) is 6.92 Å². The Morgan fingerprint density at radius 3 is 2.39 bits per heavy atom. The smallest absolute Gasteiger partial charge is 0.274 e. The molecule has 3 heterocycles. The van der Waals surface area contributed by atoms with E-state index >= 15 is 0 Å². The Balaban J connectivity index is 1.43. The summed E-state index contributed by atoms with van der Waals surface area (Å²) in [6.45, 7) is 5.18. The van der Waals surface area contributed by atoms with E-state index in [0.29, 0.717) is 11.6 Å². The zero-order chi connectivity index (χ0) is 19.3. The van der Waals surface area contributed by atoms with Crippen molar-refractivity contribution in [2.24, 2.45) is 0 Å². The number of pyridine rings is 1. The highest BCUT2D eigenvalue weighted by Crippen LogP contribution is 2.17. The van der Waals surface area contributed by atoms with Gasteiger partial charge in [0.05, 0.1) is 0 Å². The van der Waals surface area contributed by atoms with Gasteiger partial charge in [-0.15, -0.1) is 0 Å². The Morgan fingerprint density at radius 2 is 1.64 bits per heavy atom. The topological polar surface area (TPSA) is 74.2 Å². The summed E-state index contributed by atoms with van der Waals surface area (Å²) in [5.74, 6) is 1.33. The summed E-state index contributed by atoms with van der Waals surface area (Å²) >= 11 is 0. The number of nitrogens with one attached hydrogen (secondary N) is 1. The van der Waals surface area contributed by atoms with E-state index in [2.05, 4.69) is 30.1 Å². The molecular weight excluding hydrogens is 352 g/mol. The standard InChI is InChI=1S/C21H22N6O/c1-16-6-2-3-7-17(16)24-20(28)18-9-11-23-21(25-18)27-14-12-26(13-15-27)19-8-4-5-10-22-19/h2-11H,12-15H2,1H3,(H,24,28). The number of nitrogens with zero attached hydrogens (tertiary/aromatic N) is 5. The Morgan fingerprint density at radius 1 is 0.893 bits per heavy atom. The van der Waals surface area contributed by atoms with Gasteiger partial charge in [0.1, 0.15) is 11.5 Å². The SMILES string of the molecule is Cc1ccccc1NC(=O)c1ccnc(N2CCN(c3ccccn3)CC2)n1. The Labute approximate surface area is 164 Å². The number of carbonyl (C=O) groups excluding carboxylic acids is 1. The summed E-state index contributed by atoms with van der Waals surface area (Å²) in [5.41, 5.74) is 2.16. The molecule has 1 amide bonds. The number of carbonyl (C=O) groups is 1. The lowest BCUT2D eigenvalue weighted by molar-refractivity contribution is 0.102. The van der Waals surface area contributed by atoms with Gasteiger partial charge in [0.2, 0.25) is 5.95 Å². The first kappa shape index (κ1) is 17.9. The van der Waals surface area contributed by atoms with Crippen molar-refractivity contribution in [3.63, 3.8) is 0 Å². The molecule has 7 nitrogen and oxygen atoms in total. The monoisotopic (exact) mass is 374 g/mol. The van der Waals surface area contributed by atoms with Crippen LogP contribution in [0.2, 0.25) is 0 Å². The highest BCUT2D eigenvalue weighted by Gasteiger charge is 2.21. The molecule has 0 bridgehead atoms. The molecule has 1 aliphatic rings. The molecular formula is C21H22N6O. The van der Waals surface area contributed by atoms with Crippen LogP contribution in [0.5, 0.6) is 0 Å². The lowest BCUT2D eigenvalue weighted by Crippen LogP contribution is -2.47. The number of para-hydroxylation sites is 1. The van der Waals surface area contributed by atoms with Gasteiger partial charge in [0.25, 0.3) is 5.91 Å². The van der Waals surface area contributed by atoms with Crippen molar-refractivity contribution in [2.45, 2.75) is 6.92 Å². The van der Waals surface area contributed by atoms with Gasteiger partial charge in [0, 0.05) is 44.3 Å². The Kier molecular flexibility index (Phi) is 5.14. The number of amides is 1. The van der Waals surface area contributed by atoms with Crippen LogP contribution in [0.4, 0.5) is 17.5 Å². The van der Waals surface area contributed by atoms with Gasteiger partial charge in [0.15, 0.2) is 0 Å². The molecule has 1 aliphatic heterocycles. The van der Waals surface area contributed by atoms with E-state index in [1.807, 2.05) is 49.4 Å². The van der Waals surface area contributed by atoms with Crippen LogP contribution < -0.4 is 15.1 Å². The summed E-state index contributed by atoms with van der Waals surface area (Å²) < 4.78 is 0. The van der Waals surface area contributed by atoms with Crippen molar-refractivity contribution < 1.29 is 4.79 Å². The summed E-state index contributed by atoms with van der Waals surface area (Å²) in [4.78, 5) is 30.2. The van der Waals surface area contributed by atoms with Crippen molar-refractivity contribution in [3.8, 4) is 0 Å². The highest BCUT2D eigenvalue weighted by atomic mass is 16.1. The van der Waals surface area contributed by atoms with Gasteiger partial charge in [-0.2, -0.15) is 0 Å². The fraction of sp³-hybridized carbons (Fsp3) is 0.238. The van der Waals surface area contributed by atoms with Crippen molar-refractivity contribution in [3.05, 3.63) is 72.2 Å². The minimum absolute atomic E-state index is 0.231. The van der Waals surface area contributed by atoms with E-state index in [1.165, 1.54) is 0 Å². The van der Waals surface area contributed by atoms with Crippen LogP contribution in [0.15, 0.2) is 60.9 Å². The molecule has 0 saturated carbocycles. The summed E-state index contributed by atoms with van der Waals surface area (Å²) in [6, 6.07) is 15.3. The normalized spacial score (nSPS) is 14.0. The predicted molar refractivity (Wildman–Crippen MR) is 110 cm³/mol. The van der Waals surface area contributed by atoms with E-state index in [-0.39, 0.29) is 5.91 Å². The molecule has 0 aliphatic carbocycles. The largest absolute Gasteiger partial charge is 0.353 e. The van der Waals surface area contributed by atoms with Crippen LogP contribution in [0.1, 0.15) is 16.1 Å². The second-order valence-electron chi connectivity index (χ2n) is 6.67.